The SMILES string of the molecule is C=CCN(c1ccccc1)C1CC(C)N(C(=O)CCCCC)c2ccccc21. The fraction of sp³-hybridized carbons (Fsp3) is 0.400. The summed E-state index contributed by atoms with van der Waals surface area (Å²) in [5.74, 6) is 0.252. The number of unbranched alkanes of at least 4 members (excludes halogenated alkanes) is 2. The molecule has 0 fully saturated rings. The molecule has 1 heterocycles. The molecule has 3 nitrogen and oxygen atoms in total. The number of carbonyl (C=O) groups excluding carboxylic acids is 1. The molecule has 0 saturated carbocycles. The first-order valence-electron chi connectivity index (χ1n) is 10.5. The van der Waals surface area contributed by atoms with Crippen molar-refractivity contribution in [3.8, 4) is 0 Å². The summed E-state index contributed by atoms with van der Waals surface area (Å²) in [7, 11) is 0. The highest BCUT2D eigenvalue weighted by molar-refractivity contribution is 5.95. The molecule has 2 atom stereocenters. The second-order valence-corrected chi connectivity index (χ2v) is 7.66. The van der Waals surface area contributed by atoms with Gasteiger partial charge in [0.25, 0.3) is 0 Å². The van der Waals surface area contributed by atoms with E-state index < -0.39 is 0 Å². The van der Waals surface area contributed by atoms with E-state index in [9.17, 15) is 4.79 Å². The minimum Gasteiger partial charge on any atom is -0.361 e. The van der Waals surface area contributed by atoms with Crippen LogP contribution in [0.3, 0.4) is 0 Å². The topological polar surface area (TPSA) is 23.6 Å². The summed E-state index contributed by atoms with van der Waals surface area (Å²) < 4.78 is 0. The van der Waals surface area contributed by atoms with E-state index in [1.165, 1.54) is 11.3 Å². The van der Waals surface area contributed by atoms with E-state index in [4.69, 9.17) is 0 Å². The number of carbonyl (C=O) groups is 1. The van der Waals surface area contributed by atoms with Gasteiger partial charge in [-0.05, 0) is 43.5 Å². The van der Waals surface area contributed by atoms with Crippen LogP contribution < -0.4 is 9.80 Å². The molecule has 0 N–H and O–H groups in total. The van der Waals surface area contributed by atoms with Crippen molar-refractivity contribution in [2.75, 3.05) is 16.3 Å². The zero-order valence-electron chi connectivity index (χ0n) is 17.2. The molecular formula is C25H32N2O. The summed E-state index contributed by atoms with van der Waals surface area (Å²) in [6.45, 7) is 9.10. The Morgan fingerprint density at radius 2 is 1.86 bits per heavy atom. The molecule has 1 aliphatic rings. The average molecular weight is 377 g/mol. The number of fused-ring (bicyclic) bond motifs is 1. The van der Waals surface area contributed by atoms with Crippen LogP contribution in [-0.2, 0) is 4.79 Å². The molecule has 148 valence electrons. The Morgan fingerprint density at radius 1 is 1.14 bits per heavy atom. The maximum atomic E-state index is 13.0. The number of hydrogen-bond donors (Lipinski definition) is 0. The van der Waals surface area contributed by atoms with Crippen LogP contribution in [0, 0.1) is 0 Å². The lowest BCUT2D eigenvalue weighted by Crippen LogP contribution is -2.46. The molecular weight excluding hydrogens is 344 g/mol. The fourth-order valence-electron chi connectivity index (χ4n) is 4.27. The van der Waals surface area contributed by atoms with Crippen molar-refractivity contribution in [2.45, 2.75) is 58.0 Å². The summed E-state index contributed by atoms with van der Waals surface area (Å²) in [4.78, 5) is 17.5. The Balaban J connectivity index is 1.95. The van der Waals surface area contributed by atoms with Crippen LogP contribution in [0.15, 0.2) is 67.3 Å². The van der Waals surface area contributed by atoms with E-state index in [2.05, 4.69) is 67.8 Å². The number of para-hydroxylation sites is 2. The molecule has 3 heteroatoms. The number of amides is 1. The van der Waals surface area contributed by atoms with Gasteiger partial charge in [0.2, 0.25) is 5.91 Å². The lowest BCUT2D eigenvalue weighted by atomic mass is 9.89. The van der Waals surface area contributed by atoms with Gasteiger partial charge in [0.05, 0.1) is 6.04 Å². The average Bonchev–Trinajstić information content (AvgIpc) is 2.72. The van der Waals surface area contributed by atoms with Crippen LogP contribution >= 0.6 is 0 Å². The summed E-state index contributed by atoms with van der Waals surface area (Å²) in [6.07, 6.45) is 6.72. The summed E-state index contributed by atoms with van der Waals surface area (Å²) in [5.41, 5.74) is 3.49. The van der Waals surface area contributed by atoms with Gasteiger partial charge in [-0.15, -0.1) is 6.58 Å². The molecule has 2 aromatic rings. The van der Waals surface area contributed by atoms with E-state index in [1.54, 1.807) is 0 Å². The predicted octanol–water partition coefficient (Wildman–Crippen LogP) is 6.13. The summed E-state index contributed by atoms with van der Waals surface area (Å²) >= 11 is 0. The van der Waals surface area contributed by atoms with Crippen molar-refractivity contribution in [2.24, 2.45) is 0 Å². The fourth-order valence-corrected chi connectivity index (χ4v) is 4.27. The van der Waals surface area contributed by atoms with Crippen LogP contribution in [0.2, 0.25) is 0 Å². The third-order valence-electron chi connectivity index (χ3n) is 5.61. The van der Waals surface area contributed by atoms with Gasteiger partial charge in [0.15, 0.2) is 0 Å². The van der Waals surface area contributed by atoms with Crippen molar-refractivity contribution in [1.82, 2.24) is 0 Å². The predicted molar refractivity (Wildman–Crippen MR) is 119 cm³/mol. The third kappa shape index (κ3) is 4.30. The van der Waals surface area contributed by atoms with Gasteiger partial charge in [-0.2, -0.15) is 0 Å². The van der Waals surface area contributed by atoms with Crippen LogP contribution in [0.1, 0.15) is 57.6 Å². The molecule has 2 unspecified atom stereocenters. The molecule has 1 amide bonds. The molecule has 0 spiro atoms. The molecule has 0 aliphatic carbocycles. The first kappa shape index (κ1) is 20.2. The van der Waals surface area contributed by atoms with Crippen molar-refractivity contribution in [1.29, 1.82) is 0 Å². The van der Waals surface area contributed by atoms with Crippen molar-refractivity contribution < 1.29 is 4.79 Å². The highest BCUT2D eigenvalue weighted by atomic mass is 16.2. The largest absolute Gasteiger partial charge is 0.361 e. The van der Waals surface area contributed by atoms with Crippen LogP contribution in [-0.4, -0.2) is 18.5 Å². The lowest BCUT2D eigenvalue weighted by molar-refractivity contribution is -0.119. The highest BCUT2D eigenvalue weighted by Crippen LogP contribution is 2.42. The van der Waals surface area contributed by atoms with E-state index >= 15 is 0 Å². The first-order valence-corrected chi connectivity index (χ1v) is 10.5. The Bertz CT molecular complexity index is 786. The van der Waals surface area contributed by atoms with Gasteiger partial charge in [-0.25, -0.2) is 0 Å². The molecule has 0 bridgehead atoms. The van der Waals surface area contributed by atoms with Gasteiger partial charge in [0, 0.05) is 30.4 Å². The molecule has 1 aliphatic heterocycles. The number of anilines is 2. The van der Waals surface area contributed by atoms with Gasteiger partial charge in [0.1, 0.15) is 0 Å². The normalized spacial score (nSPS) is 18.4. The standard InChI is InChI=1S/C25H32N2O/c1-4-6-8-17-25(28)27-20(3)19-24(22-15-11-12-16-23(22)27)26(18-5-2)21-13-9-7-10-14-21/h5,7,9-16,20,24H,2,4,6,8,17-19H2,1,3H3. The first-order chi connectivity index (χ1) is 13.7. The van der Waals surface area contributed by atoms with Crippen molar-refractivity contribution in [3.63, 3.8) is 0 Å². The van der Waals surface area contributed by atoms with E-state index in [0.717, 1.165) is 37.9 Å². The van der Waals surface area contributed by atoms with Gasteiger partial charge < -0.3 is 9.80 Å². The van der Waals surface area contributed by atoms with E-state index in [-0.39, 0.29) is 18.0 Å². The molecule has 3 rings (SSSR count). The van der Waals surface area contributed by atoms with Crippen LogP contribution in [0.4, 0.5) is 11.4 Å². The number of hydrogen-bond acceptors (Lipinski definition) is 2. The zero-order chi connectivity index (χ0) is 19.9. The molecule has 0 radical (unpaired) electrons. The Kier molecular flexibility index (Phi) is 6.91. The second kappa shape index (κ2) is 9.59. The Morgan fingerprint density at radius 3 is 2.57 bits per heavy atom. The van der Waals surface area contributed by atoms with E-state index in [1.807, 2.05) is 23.1 Å². The molecule has 0 saturated heterocycles. The van der Waals surface area contributed by atoms with Gasteiger partial charge >= 0.3 is 0 Å². The maximum Gasteiger partial charge on any atom is 0.227 e. The molecule has 0 aromatic heterocycles. The Labute approximate surface area is 169 Å². The minimum absolute atomic E-state index is 0.171. The van der Waals surface area contributed by atoms with E-state index in [0.29, 0.717) is 6.42 Å². The monoisotopic (exact) mass is 376 g/mol. The third-order valence-corrected chi connectivity index (χ3v) is 5.61. The molecule has 2 aromatic carbocycles. The van der Waals surface area contributed by atoms with Crippen molar-refractivity contribution in [3.05, 3.63) is 72.8 Å². The lowest BCUT2D eigenvalue weighted by Gasteiger charge is -2.44. The number of nitrogens with zero attached hydrogens (tertiary/aromatic N) is 2. The summed E-state index contributed by atoms with van der Waals surface area (Å²) in [6, 6.07) is 19.3. The highest BCUT2D eigenvalue weighted by Gasteiger charge is 2.35. The maximum absolute atomic E-state index is 13.0. The molecule has 28 heavy (non-hydrogen) atoms. The number of benzene rings is 2. The van der Waals surface area contributed by atoms with Crippen molar-refractivity contribution >= 4 is 17.3 Å². The second-order valence-electron chi connectivity index (χ2n) is 7.66. The quantitative estimate of drug-likeness (QED) is 0.409. The number of rotatable bonds is 8. The Hall–Kier alpha value is -2.55. The smallest absolute Gasteiger partial charge is 0.227 e. The van der Waals surface area contributed by atoms with Crippen LogP contribution in [0.25, 0.3) is 0 Å². The zero-order valence-corrected chi connectivity index (χ0v) is 17.2. The summed E-state index contributed by atoms with van der Waals surface area (Å²) in [5, 5.41) is 0. The van der Waals surface area contributed by atoms with Gasteiger partial charge in [-0.3, -0.25) is 4.79 Å². The minimum atomic E-state index is 0.171. The van der Waals surface area contributed by atoms with Gasteiger partial charge in [-0.1, -0.05) is 62.2 Å². The van der Waals surface area contributed by atoms with Crippen LogP contribution in [0.5, 0.6) is 0 Å².